The number of hydrogen-bond acceptors (Lipinski definition) is 5. The maximum Gasteiger partial charge on any atom is 0.258 e. The number of fused-ring (bicyclic) bond motifs is 1. The number of para-hydroxylation sites is 1. The molecule has 1 heterocycles. The smallest absolute Gasteiger partial charge is 0.258 e. The van der Waals surface area contributed by atoms with E-state index in [1.807, 2.05) is 42.5 Å². The lowest BCUT2D eigenvalue weighted by Crippen LogP contribution is -2.34. The average Bonchev–Trinajstić information content (AvgIpc) is 3.19. The number of carbonyl (C=O) groups is 1. The zero-order valence-corrected chi connectivity index (χ0v) is 20.1. The monoisotopic (exact) mass is 531 g/mol. The van der Waals surface area contributed by atoms with E-state index < -0.39 is 5.91 Å². The molecule has 4 rings (SSSR count). The van der Waals surface area contributed by atoms with Crippen LogP contribution in [0.2, 0.25) is 5.02 Å². The van der Waals surface area contributed by atoms with Crippen molar-refractivity contribution < 1.29 is 9.53 Å². The lowest BCUT2D eigenvalue weighted by atomic mass is 10.2. The van der Waals surface area contributed by atoms with Gasteiger partial charge in [0.1, 0.15) is 10.8 Å². The van der Waals surface area contributed by atoms with Gasteiger partial charge < -0.3 is 10.1 Å². The molecule has 0 spiro atoms. The van der Waals surface area contributed by atoms with Crippen LogP contribution in [0.15, 0.2) is 65.1 Å². The number of benzene rings is 3. The van der Waals surface area contributed by atoms with Crippen molar-refractivity contribution in [3.8, 4) is 16.3 Å². The zero-order valence-electron chi connectivity index (χ0n) is 16.1. The SMILES string of the molecule is COc1ccc(-c2nc3ccccc3s2)cc1NC(=S)NC(=O)c1cc(Br)ccc1Cl. The van der Waals surface area contributed by atoms with E-state index in [4.69, 9.17) is 33.5 Å². The highest BCUT2D eigenvalue weighted by Gasteiger charge is 2.15. The van der Waals surface area contributed by atoms with Gasteiger partial charge in [0.25, 0.3) is 5.91 Å². The number of amides is 1. The molecular weight excluding hydrogens is 518 g/mol. The van der Waals surface area contributed by atoms with Crippen LogP contribution in [-0.2, 0) is 0 Å². The van der Waals surface area contributed by atoms with E-state index >= 15 is 0 Å². The number of rotatable bonds is 4. The first-order valence-electron chi connectivity index (χ1n) is 9.06. The topological polar surface area (TPSA) is 63.2 Å². The van der Waals surface area contributed by atoms with Gasteiger partial charge in [-0.25, -0.2) is 4.98 Å². The Bertz CT molecular complexity index is 1280. The first-order valence-corrected chi connectivity index (χ1v) is 11.5. The van der Waals surface area contributed by atoms with Crippen molar-refractivity contribution in [2.45, 2.75) is 0 Å². The number of methoxy groups -OCH3 is 1. The normalized spacial score (nSPS) is 10.7. The van der Waals surface area contributed by atoms with Crippen LogP contribution in [0.25, 0.3) is 20.8 Å². The molecule has 4 aromatic rings. The fraction of sp³-hybridized carbons (Fsp3) is 0.0455. The Morgan fingerprint density at radius 3 is 2.74 bits per heavy atom. The predicted molar refractivity (Wildman–Crippen MR) is 134 cm³/mol. The molecule has 0 saturated heterocycles. The van der Waals surface area contributed by atoms with Crippen LogP contribution >= 0.6 is 51.1 Å². The van der Waals surface area contributed by atoms with Crippen LogP contribution in [0, 0.1) is 0 Å². The highest BCUT2D eigenvalue weighted by atomic mass is 79.9. The molecule has 0 unspecified atom stereocenters. The minimum Gasteiger partial charge on any atom is -0.495 e. The molecule has 0 bridgehead atoms. The van der Waals surface area contributed by atoms with E-state index in [1.165, 1.54) is 0 Å². The number of carbonyl (C=O) groups excluding carboxylic acids is 1. The summed E-state index contributed by atoms with van der Waals surface area (Å²) in [5.41, 5.74) is 2.79. The van der Waals surface area contributed by atoms with Gasteiger partial charge in [0.05, 0.1) is 33.6 Å². The lowest BCUT2D eigenvalue weighted by Gasteiger charge is -2.14. The van der Waals surface area contributed by atoms with Crippen LogP contribution < -0.4 is 15.4 Å². The summed E-state index contributed by atoms with van der Waals surface area (Å²) in [4.78, 5) is 17.3. The quantitative estimate of drug-likeness (QED) is 0.293. The van der Waals surface area contributed by atoms with Crippen LogP contribution in [-0.4, -0.2) is 23.1 Å². The van der Waals surface area contributed by atoms with E-state index in [-0.39, 0.29) is 5.11 Å². The summed E-state index contributed by atoms with van der Waals surface area (Å²) in [7, 11) is 1.57. The summed E-state index contributed by atoms with van der Waals surface area (Å²) in [6, 6.07) is 18.7. The number of halogens is 2. The Labute approximate surface area is 201 Å². The first-order chi connectivity index (χ1) is 14.9. The number of ether oxygens (including phenoxy) is 1. The van der Waals surface area contributed by atoms with Gasteiger partial charge in [0.2, 0.25) is 0 Å². The Hall–Kier alpha value is -2.52. The van der Waals surface area contributed by atoms with Crippen LogP contribution in [0.3, 0.4) is 0 Å². The fourth-order valence-corrected chi connectivity index (χ4v) is 4.66. The second-order valence-electron chi connectivity index (χ2n) is 6.43. The number of nitrogens with one attached hydrogen (secondary N) is 2. The molecule has 3 aromatic carbocycles. The van der Waals surface area contributed by atoms with Gasteiger partial charge in [-0.3, -0.25) is 10.1 Å². The van der Waals surface area contributed by atoms with Crippen LogP contribution in [0.4, 0.5) is 5.69 Å². The summed E-state index contributed by atoms with van der Waals surface area (Å²) in [5.74, 6) is 0.173. The Balaban J connectivity index is 1.57. The molecule has 5 nitrogen and oxygen atoms in total. The van der Waals surface area contributed by atoms with E-state index in [9.17, 15) is 4.79 Å². The Morgan fingerprint density at radius 2 is 1.97 bits per heavy atom. The second kappa shape index (κ2) is 9.32. The van der Waals surface area contributed by atoms with Gasteiger partial charge in [0.15, 0.2) is 5.11 Å². The highest BCUT2D eigenvalue weighted by Crippen LogP contribution is 2.34. The van der Waals surface area contributed by atoms with Crippen LogP contribution in [0.1, 0.15) is 10.4 Å². The highest BCUT2D eigenvalue weighted by molar-refractivity contribution is 9.10. The first kappa shape index (κ1) is 21.7. The molecule has 0 aliphatic carbocycles. The molecule has 0 aliphatic heterocycles. The van der Waals surface area contributed by atoms with Crippen molar-refractivity contribution in [3.63, 3.8) is 0 Å². The van der Waals surface area contributed by atoms with Gasteiger partial charge in [-0.1, -0.05) is 39.7 Å². The van der Waals surface area contributed by atoms with Gasteiger partial charge in [-0.15, -0.1) is 11.3 Å². The molecule has 0 aliphatic rings. The molecule has 0 saturated carbocycles. The lowest BCUT2D eigenvalue weighted by molar-refractivity contribution is 0.0978. The van der Waals surface area contributed by atoms with Crippen molar-refractivity contribution in [2.75, 3.05) is 12.4 Å². The third-order valence-corrected chi connectivity index (χ3v) is 6.50. The molecule has 2 N–H and O–H groups in total. The van der Waals surface area contributed by atoms with Crippen LogP contribution in [0.5, 0.6) is 5.75 Å². The summed E-state index contributed by atoms with van der Waals surface area (Å²) >= 11 is 16.4. The summed E-state index contributed by atoms with van der Waals surface area (Å²) in [5, 5.41) is 7.02. The summed E-state index contributed by atoms with van der Waals surface area (Å²) in [6.07, 6.45) is 0. The molecule has 0 atom stereocenters. The van der Waals surface area contributed by atoms with Gasteiger partial charge >= 0.3 is 0 Å². The molecule has 1 aromatic heterocycles. The number of thiazole rings is 1. The molecule has 0 fully saturated rings. The molecule has 31 heavy (non-hydrogen) atoms. The summed E-state index contributed by atoms with van der Waals surface area (Å²) in [6.45, 7) is 0. The Morgan fingerprint density at radius 1 is 1.16 bits per heavy atom. The third kappa shape index (κ3) is 4.88. The number of nitrogens with zero attached hydrogens (tertiary/aromatic N) is 1. The standard InChI is InChI=1S/C22H15BrClN3O2S2/c1-29-18-9-6-12(21-25-16-4-2-3-5-19(16)31-21)10-17(18)26-22(30)27-20(28)14-11-13(23)7-8-15(14)24/h2-11H,1H3,(H2,26,27,28,30). The van der Waals surface area contributed by atoms with Crippen molar-refractivity contribution in [1.82, 2.24) is 10.3 Å². The van der Waals surface area contributed by atoms with E-state index in [0.29, 0.717) is 22.0 Å². The zero-order chi connectivity index (χ0) is 22.0. The fourth-order valence-electron chi connectivity index (χ4n) is 2.93. The third-order valence-electron chi connectivity index (χ3n) is 4.39. The maximum absolute atomic E-state index is 12.6. The van der Waals surface area contributed by atoms with Crippen molar-refractivity contribution >= 4 is 78.0 Å². The molecule has 9 heteroatoms. The summed E-state index contributed by atoms with van der Waals surface area (Å²) < 4.78 is 7.29. The molecular formula is C22H15BrClN3O2S2. The molecule has 1 amide bonds. The average molecular weight is 533 g/mol. The van der Waals surface area contributed by atoms with E-state index in [0.717, 1.165) is 25.3 Å². The van der Waals surface area contributed by atoms with Gasteiger partial charge in [-0.05, 0) is 60.7 Å². The number of aromatic nitrogens is 1. The molecule has 156 valence electrons. The van der Waals surface area contributed by atoms with E-state index in [1.54, 1.807) is 36.6 Å². The van der Waals surface area contributed by atoms with Gasteiger partial charge in [-0.2, -0.15) is 0 Å². The van der Waals surface area contributed by atoms with E-state index in [2.05, 4.69) is 26.6 Å². The molecule has 0 radical (unpaired) electrons. The predicted octanol–water partition coefficient (Wildman–Crippen LogP) is 6.51. The maximum atomic E-state index is 12.6. The number of hydrogen-bond donors (Lipinski definition) is 2. The number of anilines is 1. The van der Waals surface area contributed by atoms with Crippen molar-refractivity contribution in [2.24, 2.45) is 0 Å². The minimum absolute atomic E-state index is 0.126. The van der Waals surface area contributed by atoms with Crippen molar-refractivity contribution in [3.05, 3.63) is 75.7 Å². The second-order valence-corrected chi connectivity index (χ2v) is 9.20. The Kier molecular flexibility index (Phi) is 6.52. The van der Waals surface area contributed by atoms with Crippen molar-refractivity contribution in [1.29, 1.82) is 0 Å². The minimum atomic E-state index is -0.412. The largest absolute Gasteiger partial charge is 0.495 e. The number of thiocarbonyl (C=S) groups is 1. The van der Waals surface area contributed by atoms with Gasteiger partial charge in [0, 0.05) is 10.0 Å².